The van der Waals surface area contributed by atoms with E-state index >= 15 is 0 Å². The van der Waals surface area contributed by atoms with Crippen molar-refractivity contribution in [3.05, 3.63) is 24.3 Å². The molecule has 2 aliphatic carbocycles. The van der Waals surface area contributed by atoms with Crippen LogP contribution < -0.4 is 0 Å². The average molecular weight is 481 g/mol. The summed E-state index contributed by atoms with van der Waals surface area (Å²) in [5.41, 5.74) is 2.19. The standard InChI is InChI=1S/2C13H20O4/c2*1-8-5-9(10(6-8)12(14)15-4)11-7-16-13(2,3)17-11/h2*9-11H,1,5-7H2,2-4H3/t9-,10-,11+;9-,10-,11-/m01/s1. The van der Waals surface area contributed by atoms with Gasteiger partial charge < -0.3 is 28.4 Å². The zero-order valence-electron chi connectivity index (χ0n) is 21.4. The molecule has 4 fully saturated rings. The van der Waals surface area contributed by atoms with Crippen molar-refractivity contribution in [2.45, 2.75) is 77.2 Å². The molecule has 0 aromatic heterocycles. The minimum atomic E-state index is -0.546. The molecule has 0 N–H and O–H groups in total. The zero-order chi connectivity index (χ0) is 25.3. The second kappa shape index (κ2) is 10.5. The highest BCUT2D eigenvalue weighted by Crippen LogP contribution is 2.43. The van der Waals surface area contributed by atoms with Gasteiger partial charge in [0.05, 0.1) is 51.5 Å². The van der Waals surface area contributed by atoms with E-state index in [1.807, 2.05) is 27.7 Å². The average Bonchev–Trinajstić information content (AvgIpc) is 3.52. The summed E-state index contributed by atoms with van der Waals surface area (Å²) in [6, 6.07) is 0. The van der Waals surface area contributed by atoms with Gasteiger partial charge in [0, 0.05) is 11.8 Å². The highest BCUT2D eigenvalue weighted by atomic mass is 16.7. The Morgan fingerprint density at radius 1 is 0.735 bits per heavy atom. The van der Waals surface area contributed by atoms with Gasteiger partial charge in [0.2, 0.25) is 0 Å². The van der Waals surface area contributed by atoms with Gasteiger partial charge in [-0.1, -0.05) is 24.3 Å². The summed E-state index contributed by atoms with van der Waals surface area (Å²) in [4.78, 5) is 23.5. The van der Waals surface area contributed by atoms with Crippen LogP contribution in [0.1, 0.15) is 53.4 Å². The number of rotatable bonds is 4. The summed E-state index contributed by atoms with van der Waals surface area (Å²) in [6.07, 6.45) is 2.99. The van der Waals surface area contributed by atoms with Gasteiger partial charge in [-0.15, -0.1) is 0 Å². The third-order valence-electron chi connectivity index (χ3n) is 7.12. The number of hydrogen-bond acceptors (Lipinski definition) is 8. The summed E-state index contributed by atoms with van der Waals surface area (Å²) in [6.45, 7) is 16.6. The molecule has 0 bridgehead atoms. The van der Waals surface area contributed by atoms with E-state index in [4.69, 9.17) is 28.4 Å². The first-order valence-electron chi connectivity index (χ1n) is 12.0. The van der Waals surface area contributed by atoms with Crippen molar-refractivity contribution in [3.63, 3.8) is 0 Å². The molecule has 2 heterocycles. The second-order valence-electron chi connectivity index (χ2n) is 10.6. The van der Waals surface area contributed by atoms with Crippen LogP contribution in [0.5, 0.6) is 0 Å². The lowest BCUT2D eigenvalue weighted by Crippen LogP contribution is -2.32. The quantitative estimate of drug-likeness (QED) is 0.444. The highest BCUT2D eigenvalue weighted by molar-refractivity contribution is 5.74. The Morgan fingerprint density at radius 2 is 1.09 bits per heavy atom. The number of ether oxygens (including phenoxy) is 6. The molecule has 2 aliphatic heterocycles. The molecule has 0 spiro atoms. The van der Waals surface area contributed by atoms with Gasteiger partial charge in [-0.2, -0.15) is 0 Å². The van der Waals surface area contributed by atoms with Crippen LogP contribution in [0.15, 0.2) is 24.3 Å². The smallest absolute Gasteiger partial charge is 0.309 e. The maximum absolute atomic E-state index is 11.7. The summed E-state index contributed by atoms with van der Waals surface area (Å²) in [5.74, 6) is -1.41. The molecule has 0 radical (unpaired) electrons. The lowest BCUT2D eigenvalue weighted by Gasteiger charge is -2.24. The number of methoxy groups -OCH3 is 2. The molecule has 8 heteroatoms. The van der Waals surface area contributed by atoms with Crippen LogP contribution in [0, 0.1) is 23.7 Å². The molecule has 4 aliphatic rings. The first kappa shape index (κ1) is 26.9. The van der Waals surface area contributed by atoms with E-state index < -0.39 is 11.6 Å². The lowest BCUT2D eigenvalue weighted by atomic mass is 9.91. The number of carbonyl (C=O) groups is 2. The maximum atomic E-state index is 11.7. The molecule has 4 rings (SSSR count). The predicted octanol–water partition coefficient (Wildman–Crippen LogP) is 3.79. The number of esters is 2. The molecule has 0 aromatic rings. The van der Waals surface area contributed by atoms with E-state index in [0.29, 0.717) is 26.1 Å². The summed E-state index contributed by atoms with van der Waals surface area (Å²) in [5, 5.41) is 0. The third-order valence-corrected chi connectivity index (χ3v) is 7.12. The van der Waals surface area contributed by atoms with Crippen molar-refractivity contribution in [2.75, 3.05) is 27.4 Å². The SMILES string of the molecule is C=C1C[C@@H]([C@H]2COC(C)(C)O2)[C@H](C(=O)OC)C1.C=C1C[C@H]([C@H]2COC(C)(C)O2)[C@@H](C(=O)OC)C1. The normalized spacial score (nSPS) is 36.2. The fourth-order valence-electron chi connectivity index (χ4n) is 5.50. The van der Waals surface area contributed by atoms with E-state index in [9.17, 15) is 9.59 Å². The van der Waals surface area contributed by atoms with Gasteiger partial charge in [0.15, 0.2) is 11.6 Å². The third kappa shape index (κ3) is 6.27. The number of allylic oxidation sites excluding steroid dienone is 2. The highest BCUT2D eigenvalue weighted by Gasteiger charge is 2.47. The molecular weight excluding hydrogens is 440 g/mol. The Labute approximate surface area is 202 Å². The Morgan fingerprint density at radius 3 is 1.35 bits per heavy atom. The molecule has 192 valence electrons. The van der Waals surface area contributed by atoms with Gasteiger partial charge >= 0.3 is 11.9 Å². The largest absolute Gasteiger partial charge is 0.469 e. The van der Waals surface area contributed by atoms with Crippen LogP contribution in [0.25, 0.3) is 0 Å². The van der Waals surface area contributed by atoms with E-state index in [2.05, 4.69) is 13.2 Å². The van der Waals surface area contributed by atoms with Crippen LogP contribution >= 0.6 is 0 Å². The van der Waals surface area contributed by atoms with Crippen molar-refractivity contribution in [2.24, 2.45) is 23.7 Å². The number of carbonyl (C=O) groups excluding carboxylic acids is 2. The fourth-order valence-corrected chi connectivity index (χ4v) is 5.50. The van der Waals surface area contributed by atoms with Crippen LogP contribution in [-0.4, -0.2) is 63.2 Å². The molecule has 2 saturated carbocycles. The Balaban J connectivity index is 0.000000191. The van der Waals surface area contributed by atoms with Gasteiger partial charge in [0.1, 0.15) is 0 Å². The van der Waals surface area contributed by atoms with E-state index in [0.717, 1.165) is 24.0 Å². The maximum Gasteiger partial charge on any atom is 0.309 e. The Hall–Kier alpha value is -1.74. The fraction of sp³-hybridized carbons (Fsp3) is 0.769. The zero-order valence-corrected chi connectivity index (χ0v) is 21.4. The molecule has 2 saturated heterocycles. The molecule has 0 aromatic carbocycles. The summed E-state index contributed by atoms with van der Waals surface area (Å²) >= 11 is 0. The second-order valence-corrected chi connectivity index (χ2v) is 10.6. The van der Waals surface area contributed by atoms with Crippen LogP contribution in [-0.2, 0) is 38.0 Å². The molecule has 0 unspecified atom stereocenters. The van der Waals surface area contributed by atoms with Crippen molar-refractivity contribution >= 4 is 11.9 Å². The van der Waals surface area contributed by atoms with Crippen molar-refractivity contribution < 1.29 is 38.0 Å². The van der Waals surface area contributed by atoms with E-state index in [-0.39, 0.29) is 47.8 Å². The molecule has 8 nitrogen and oxygen atoms in total. The van der Waals surface area contributed by atoms with Gasteiger partial charge in [0.25, 0.3) is 0 Å². The topological polar surface area (TPSA) is 89.5 Å². The first-order chi connectivity index (χ1) is 15.9. The van der Waals surface area contributed by atoms with Crippen LogP contribution in [0.4, 0.5) is 0 Å². The summed E-state index contributed by atoms with van der Waals surface area (Å²) in [7, 11) is 2.85. The number of hydrogen-bond donors (Lipinski definition) is 0. The van der Waals surface area contributed by atoms with Crippen molar-refractivity contribution in [1.82, 2.24) is 0 Å². The molecule has 6 atom stereocenters. The Kier molecular flexibility index (Phi) is 8.28. The minimum Gasteiger partial charge on any atom is -0.469 e. The van der Waals surface area contributed by atoms with E-state index in [1.165, 1.54) is 14.2 Å². The monoisotopic (exact) mass is 480 g/mol. The molecule has 34 heavy (non-hydrogen) atoms. The molecule has 0 amide bonds. The van der Waals surface area contributed by atoms with Crippen LogP contribution in [0.3, 0.4) is 0 Å². The lowest BCUT2D eigenvalue weighted by molar-refractivity contribution is -0.157. The van der Waals surface area contributed by atoms with E-state index in [1.54, 1.807) is 0 Å². The van der Waals surface area contributed by atoms with Gasteiger partial charge in [-0.25, -0.2) is 0 Å². The minimum absolute atomic E-state index is 0.0339. The van der Waals surface area contributed by atoms with Crippen molar-refractivity contribution in [1.29, 1.82) is 0 Å². The first-order valence-corrected chi connectivity index (χ1v) is 12.0. The van der Waals surface area contributed by atoms with Gasteiger partial charge in [-0.05, 0) is 53.4 Å². The molecular formula is C26H40O8. The predicted molar refractivity (Wildman–Crippen MR) is 125 cm³/mol. The summed E-state index contributed by atoms with van der Waals surface area (Å²) < 4.78 is 32.5. The Bertz CT molecular complexity index is 735. The van der Waals surface area contributed by atoms with Crippen molar-refractivity contribution in [3.8, 4) is 0 Å². The van der Waals surface area contributed by atoms with Gasteiger partial charge in [-0.3, -0.25) is 9.59 Å². The van der Waals surface area contributed by atoms with Crippen LogP contribution in [0.2, 0.25) is 0 Å².